The van der Waals surface area contributed by atoms with Crippen molar-refractivity contribution in [2.45, 2.75) is 95.5 Å². The van der Waals surface area contributed by atoms with Gasteiger partial charge in [0, 0.05) is 17.6 Å². The van der Waals surface area contributed by atoms with E-state index in [-0.39, 0.29) is 24.8 Å². The van der Waals surface area contributed by atoms with Gasteiger partial charge in [0.15, 0.2) is 0 Å². The summed E-state index contributed by atoms with van der Waals surface area (Å²) in [5.41, 5.74) is 8.61. The molecule has 3 aromatic rings. The highest BCUT2D eigenvalue weighted by molar-refractivity contribution is 5.89. The third-order valence-electron chi connectivity index (χ3n) is 8.25. The molecule has 0 saturated heterocycles. The Hall–Kier alpha value is -3.69. The molecule has 1 heterocycles. The fourth-order valence-electron chi connectivity index (χ4n) is 5.78. The molecule has 42 heavy (non-hydrogen) atoms. The zero-order valence-electron chi connectivity index (χ0n) is 24.6. The van der Waals surface area contributed by atoms with Gasteiger partial charge < -0.3 is 31.8 Å². The Morgan fingerprint density at radius 3 is 2.31 bits per heavy atom. The predicted octanol–water partition coefficient (Wildman–Crippen LogP) is 3.63. The fraction of sp³-hybridized carbons (Fsp3) is 0.485. The van der Waals surface area contributed by atoms with E-state index in [1.807, 2.05) is 48.5 Å². The molecule has 9 nitrogen and oxygen atoms in total. The fourth-order valence-corrected chi connectivity index (χ4v) is 5.78. The molecule has 1 aliphatic rings. The second-order valence-corrected chi connectivity index (χ2v) is 11.7. The molecule has 226 valence electrons. The van der Waals surface area contributed by atoms with Crippen LogP contribution in [-0.2, 0) is 20.8 Å². The van der Waals surface area contributed by atoms with Gasteiger partial charge in [-0.3, -0.25) is 14.4 Å². The van der Waals surface area contributed by atoms with Gasteiger partial charge in [-0.25, -0.2) is 0 Å². The topological polar surface area (TPSA) is 149 Å². The van der Waals surface area contributed by atoms with Gasteiger partial charge in [-0.15, -0.1) is 0 Å². The van der Waals surface area contributed by atoms with Crippen LogP contribution in [0.25, 0.3) is 10.9 Å². The first kappa shape index (κ1) is 31.3. The van der Waals surface area contributed by atoms with E-state index in [9.17, 15) is 19.5 Å². The van der Waals surface area contributed by atoms with Crippen LogP contribution in [0, 0.1) is 5.92 Å². The number of aromatic nitrogens is 1. The number of carbonyl (C=O) groups excluding carboxylic acids is 3. The van der Waals surface area contributed by atoms with Crippen molar-refractivity contribution in [2.75, 3.05) is 0 Å². The lowest BCUT2D eigenvalue weighted by Crippen LogP contribution is -2.54. The summed E-state index contributed by atoms with van der Waals surface area (Å²) >= 11 is 0. The highest BCUT2D eigenvalue weighted by Crippen LogP contribution is 2.35. The Morgan fingerprint density at radius 2 is 1.62 bits per heavy atom. The summed E-state index contributed by atoms with van der Waals surface area (Å²) < 4.78 is 0. The number of nitrogens with one attached hydrogen (secondary N) is 4. The van der Waals surface area contributed by atoms with Gasteiger partial charge in [-0.05, 0) is 68.5 Å². The lowest BCUT2D eigenvalue weighted by atomic mass is 9.82. The van der Waals surface area contributed by atoms with Gasteiger partial charge in [0.25, 0.3) is 0 Å². The first-order valence-corrected chi connectivity index (χ1v) is 15.2. The molecule has 3 amide bonds. The van der Waals surface area contributed by atoms with Gasteiger partial charge in [-0.1, -0.05) is 67.8 Å². The van der Waals surface area contributed by atoms with Crippen LogP contribution < -0.4 is 21.7 Å². The smallest absolute Gasteiger partial charge is 0.242 e. The van der Waals surface area contributed by atoms with Crippen molar-refractivity contribution < 1.29 is 19.5 Å². The van der Waals surface area contributed by atoms with Crippen molar-refractivity contribution in [3.05, 3.63) is 71.9 Å². The van der Waals surface area contributed by atoms with Gasteiger partial charge >= 0.3 is 0 Å². The van der Waals surface area contributed by atoms with Gasteiger partial charge in [-0.2, -0.15) is 0 Å². The third kappa shape index (κ3) is 8.66. The molecule has 1 unspecified atom stereocenters. The van der Waals surface area contributed by atoms with Gasteiger partial charge in [0.05, 0.1) is 24.2 Å². The molecule has 0 bridgehead atoms. The minimum atomic E-state index is -0.975. The van der Waals surface area contributed by atoms with Gasteiger partial charge in [0.2, 0.25) is 17.7 Å². The van der Waals surface area contributed by atoms with Crippen LogP contribution in [0.4, 0.5) is 0 Å². The second kappa shape index (κ2) is 15.0. The first-order chi connectivity index (χ1) is 20.2. The van der Waals surface area contributed by atoms with Crippen molar-refractivity contribution in [3.63, 3.8) is 0 Å². The van der Waals surface area contributed by atoms with Crippen LogP contribution in [0.3, 0.4) is 0 Å². The number of hydrogen-bond acceptors (Lipinski definition) is 5. The summed E-state index contributed by atoms with van der Waals surface area (Å²) in [7, 11) is 0. The lowest BCUT2D eigenvalue weighted by molar-refractivity contribution is -0.130. The number of benzene rings is 2. The summed E-state index contributed by atoms with van der Waals surface area (Å²) in [5.74, 6) is -0.647. The Labute approximate surface area is 248 Å². The van der Waals surface area contributed by atoms with E-state index < -0.39 is 36.0 Å². The molecule has 0 aliphatic heterocycles. The number of H-pyrrole nitrogens is 1. The second-order valence-electron chi connectivity index (χ2n) is 11.7. The van der Waals surface area contributed by atoms with E-state index >= 15 is 0 Å². The number of para-hydroxylation sites is 1. The highest BCUT2D eigenvalue weighted by Gasteiger charge is 2.29. The third-order valence-corrected chi connectivity index (χ3v) is 8.25. The average molecular weight is 576 g/mol. The van der Waals surface area contributed by atoms with Crippen LogP contribution in [0.1, 0.15) is 76.1 Å². The Morgan fingerprint density at radius 1 is 0.929 bits per heavy atom. The summed E-state index contributed by atoms with van der Waals surface area (Å²) in [4.78, 5) is 41.7. The average Bonchev–Trinajstić information content (AvgIpc) is 3.43. The van der Waals surface area contributed by atoms with E-state index in [1.165, 1.54) is 6.42 Å². The quantitative estimate of drug-likeness (QED) is 0.184. The molecule has 5 atom stereocenters. The van der Waals surface area contributed by atoms with Crippen molar-refractivity contribution in [1.82, 2.24) is 20.9 Å². The molecule has 1 saturated carbocycles. The van der Waals surface area contributed by atoms with E-state index in [4.69, 9.17) is 5.73 Å². The molecule has 1 aliphatic carbocycles. The summed E-state index contributed by atoms with van der Waals surface area (Å²) in [6.07, 6.45) is 5.34. The largest absolute Gasteiger partial charge is 0.391 e. The monoisotopic (exact) mass is 575 g/mol. The molecule has 1 fully saturated rings. The number of rotatable bonds is 13. The zero-order valence-corrected chi connectivity index (χ0v) is 24.6. The number of nitrogens with two attached hydrogens (primary N) is 1. The van der Waals surface area contributed by atoms with E-state index in [2.05, 4.69) is 33.1 Å². The molecular formula is C33H45N5O4. The highest BCUT2D eigenvalue weighted by atomic mass is 16.3. The maximum absolute atomic E-state index is 13.3. The Bertz CT molecular complexity index is 1290. The predicted molar refractivity (Wildman–Crippen MR) is 164 cm³/mol. The summed E-state index contributed by atoms with van der Waals surface area (Å²) in [6.45, 7) is 3.12. The molecule has 1 aromatic heterocycles. The van der Waals surface area contributed by atoms with Crippen LogP contribution in [0.2, 0.25) is 0 Å². The lowest BCUT2D eigenvalue weighted by Gasteiger charge is -2.31. The number of amides is 3. The standard InChI is InChI=1S/C33H45N5O4/c1-21(34)32(41)35-22(2)33(42)37-27(19-23-11-5-3-6-12-23)29(39)17-18-30(40)38-31(24-13-7-4-8-14-24)28-20-25-15-9-10-16-26(25)36-28/h3,5-6,9-12,15-16,20-22,24,27,29,31,36,39H,4,7-8,13-14,17-19,34H2,1-2H3,(H,35,41)(H,37,42)(H,38,40)/t21-,22-,27-,29-,31?/m0/s1. The summed E-state index contributed by atoms with van der Waals surface area (Å²) in [5, 5.41) is 21.1. The van der Waals surface area contributed by atoms with Crippen molar-refractivity contribution in [3.8, 4) is 0 Å². The van der Waals surface area contributed by atoms with Crippen molar-refractivity contribution in [2.24, 2.45) is 11.7 Å². The maximum atomic E-state index is 13.3. The number of carbonyl (C=O) groups is 3. The zero-order chi connectivity index (χ0) is 30.1. The van der Waals surface area contributed by atoms with Crippen LogP contribution in [0.15, 0.2) is 60.7 Å². The van der Waals surface area contributed by atoms with Crippen molar-refractivity contribution in [1.29, 1.82) is 0 Å². The van der Waals surface area contributed by atoms with Crippen molar-refractivity contribution >= 4 is 28.6 Å². The Balaban J connectivity index is 1.41. The molecule has 4 rings (SSSR count). The number of hydrogen-bond donors (Lipinski definition) is 6. The van der Waals surface area contributed by atoms with Crippen LogP contribution in [0.5, 0.6) is 0 Å². The number of fused-ring (bicyclic) bond motifs is 1. The van der Waals surface area contributed by atoms with E-state index in [1.54, 1.807) is 13.8 Å². The minimum Gasteiger partial charge on any atom is -0.391 e. The molecular weight excluding hydrogens is 530 g/mol. The van der Waals surface area contributed by atoms with Gasteiger partial charge in [0.1, 0.15) is 6.04 Å². The molecule has 0 spiro atoms. The van der Waals surface area contributed by atoms with Crippen LogP contribution in [-0.4, -0.2) is 52.0 Å². The molecule has 2 aromatic carbocycles. The number of aliphatic hydroxyl groups is 1. The maximum Gasteiger partial charge on any atom is 0.242 e. The first-order valence-electron chi connectivity index (χ1n) is 15.2. The Kier molecular flexibility index (Phi) is 11.1. The minimum absolute atomic E-state index is 0.114. The van der Waals surface area contributed by atoms with Crippen LogP contribution >= 0.6 is 0 Å². The SMILES string of the molecule is C[C@H](N)C(=O)N[C@@H](C)C(=O)N[C@@H](Cc1ccccc1)[C@@H](O)CCC(=O)NC(c1cc2ccccc2[nH]1)C1CCCCC1. The molecule has 9 heteroatoms. The summed E-state index contributed by atoms with van der Waals surface area (Å²) in [6, 6.07) is 17.4. The van der Waals surface area contributed by atoms with E-state index in [0.717, 1.165) is 47.8 Å². The number of aromatic amines is 1. The normalized spacial score (nSPS) is 17.5. The number of aliphatic hydroxyl groups excluding tert-OH is 1. The molecule has 0 radical (unpaired) electrons. The molecule has 7 N–H and O–H groups in total. The van der Waals surface area contributed by atoms with E-state index in [0.29, 0.717) is 12.3 Å².